The SMILES string of the molecule is O=[N+]([O-])c1cc(Br)ccc1Oc1ccccc1I. The lowest BCUT2D eigenvalue weighted by Crippen LogP contribution is -1.94. The van der Waals surface area contributed by atoms with E-state index in [4.69, 9.17) is 4.74 Å². The Kier molecular flexibility index (Phi) is 4.18. The van der Waals surface area contributed by atoms with Crippen molar-refractivity contribution in [2.24, 2.45) is 0 Å². The highest BCUT2D eigenvalue weighted by Crippen LogP contribution is 2.35. The van der Waals surface area contributed by atoms with E-state index in [1.54, 1.807) is 18.2 Å². The van der Waals surface area contributed by atoms with Crippen LogP contribution in [0.4, 0.5) is 5.69 Å². The summed E-state index contributed by atoms with van der Waals surface area (Å²) in [5, 5.41) is 11.0. The van der Waals surface area contributed by atoms with Gasteiger partial charge in [0.2, 0.25) is 5.75 Å². The predicted octanol–water partition coefficient (Wildman–Crippen LogP) is 4.75. The third kappa shape index (κ3) is 2.99. The molecule has 4 nitrogen and oxygen atoms in total. The van der Waals surface area contributed by atoms with Crippen LogP contribution in [0.5, 0.6) is 11.5 Å². The van der Waals surface area contributed by atoms with Crippen LogP contribution >= 0.6 is 38.5 Å². The van der Waals surface area contributed by atoms with Gasteiger partial charge in [-0.25, -0.2) is 0 Å². The van der Waals surface area contributed by atoms with Crippen LogP contribution in [0.3, 0.4) is 0 Å². The molecule has 0 unspecified atom stereocenters. The van der Waals surface area contributed by atoms with Crippen molar-refractivity contribution in [3.05, 3.63) is 60.6 Å². The Labute approximate surface area is 125 Å². The maximum atomic E-state index is 11.0. The van der Waals surface area contributed by atoms with Crippen LogP contribution in [0.25, 0.3) is 0 Å². The second-order valence-electron chi connectivity index (χ2n) is 3.40. The summed E-state index contributed by atoms with van der Waals surface area (Å²) < 4.78 is 7.13. The first-order chi connectivity index (χ1) is 8.58. The van der Waals surface area contributed by atoms with Crippen molar-refractivity contribution in [1.82, 2.24) is 0 Å². The Bertz CT molecular complexity index is 604. The van der Waals surface area contributed by atoms with E-state index < -0.39 is 4.92 Å². The second kappa shape index (κ2) is 5.66. The molecule has 92 valence electrons. The predicted molar refractivity (Wildman–Crippen MR) is 80.0 cm³/mol. The van der Waals surface area contributed by atoms with Gasteiger partial charge in [0.1, 0.15) is 5.75 Å². The number of hydrogen-bond donors (Lipinski definition) is 0. The molecule has 0 atom stereocenters. The quantitative estimate of drug-likeness (QED) is 0.409. The van der Waals surface area contributed by atoms with E-state index in [0.717, 1.165) is 3.57 Å². The number of para-hydroxylation sites is 1. The van der Waals surface area contributed by atoms with E-state index >= 15 is 0 Å². The van der Waals surface area contributed by atoms with Gasteiger partial charge in [-0.15, -0.1) is 0 Å². The van der Waals surface area contributed by atoms with Gasteiger partial charge in [0.05, 0.1) is 8.49 Å². The molecule has 18 heavy (non-hydrogen) atoms. The molecule has 0 fully saturated rings. The first kappa shape index (κ1) is 13.3. The fraction of sp³-hybridized carbons (Fsp3) is 0. The minimum absolute atomic E-state index is 0.0657. The van der Waals surface area contributed by atoms with Crippen molar-refractivity contribution >= 4 is 44.2 Å². The molecule has 0 heterocycles. The van der Waals surface area contributed by atoms with Crippen molar-refractivity contribution in [3.63, 3.8) is 0 Å². The number of nitro groups is 1. The van der Waals surface area contributed by atoms with E-state index in [1.165, 1.54) is 6.07 Å². The highest BCUT2D eigenvalue weighted by molar-refractivity contribution is 14.1. The number of rotatable bonds is 3. The zero-order chi connectivity index (χ0) is 13.1. The van der Waals surface area contributed by atoms with Crippen molar-refractivity contribution in [1.29, 1.82) is 0 Å². The third-order valence-electron chi connectivity index (χ3n) is 2.17. The molecule has 0 saturated heterocycles. The molecule has 2 aromatic rings. The van der Waals surface area contributed by atoms with Gasteiger partial charge in [0, 0.05) is 10.5 Å². The summed E-state index contributed by atoms with van der Waals surface area (Å²) in [6.45, 7) is 0. The first-order valence-corrected chi connectivity index (χ1v) is 6.81. The van der Waals surface area contributed by atoms with E-state index in [1.807, 2.05) is 18.2 Å². The van der Waals surface area contributed by atoms with Gasteiger partial charge < -0.3 is 4.74 Å². The summed E-state index contributed by atoms with van der Waals surface area (Å²) in [5.41, 5.74) is -0.0657. The summed E-state index contributed by atoms with van der Waals surface area (Å²) in [4.78, 5) is 10.5. The molecular weight excluding hydrogens is 413 g/mol. The minimum Gasteiger partial charge on any atom is -0.449 e. The summed E-state index contributed by atoms with van der Waals surface area (Å²) >= 11 is 5.32. The maximum Gasteiger partial charge on any atom is 0.312 e. The Hall–Kier alpha value is -1.15. The van der Waals surface area contributed by atoms with Crippen LogP contribution in [0.15, 0.2) is 46.9 Å². The largest absolute Gasteiger partial charge is 0.449 e. The zero-order valence-corrected chi connectivity index (χ0v) is 12.7. The average molecular weight is 420 g/mol. The van der Waals surface area contributed by atoms with Gasteiger partial charge >= 0.3 is 5.69 Å². The van der Waals surface area contributed by atoms with Crippen LogP contribution in [0, 0.1) is 13.7 Å². The first-order valence-electron chi connectivity index (χ1n) is 4.94. The number of nitrogens with zero attached hydrogens (tertiary/aromatic N) is 1. The Balaban J connectivity index is 2.41. The molecule has 0 bridgehead atoms. The lowest BCUT2D eigenvalue weighted by atomic mass is 10.3. The average Bonchev–Trinajstić information content (AvgIpc) is 2.34. The Morgan fingerprint density at radius 1 is 1.17 bits per heavy atom. The molecule has 0 aliphatic heterocycles. The van der Waals surface area contributed by atoms with Crippen LogP contribution < -0.4 is 4.74 Å². The van der Waals surface area contributed by atoms with Gasteiger partial charge in [0.25, 0.3) is 0 Å². The van der Waals surface area contributed by atoms with Crippen molar-refractivity contribution in [2.45, 2.75) is 0 Å². The Morgan fingerprint density at radius 2 is 1.89 bits per heavy atom. The van der Waals surface area contributed by atoms with E-state index in [-0.39, 0.29) is 11.4 Å². The molecule has 0 aliphatic carbocycles. The lowest BCUT2D eigenvalue weighted by molar-refractivity contribution is -0.385. The summed E-state index contributed by atoms with van der Waals surface area (Å²) in [5.74, 6) is 0.829. The van der Waals surface area contributed by atoms with Gasteiger partial charge in [-0.2, -0.15) is 0 Å². The van der Waals surface area contributed by atoms with Gasteiger partial charge in [-0.1, -0.05) is 28.1 Å². The Morgan fingerprint density at radius 3 is 2.56 bits per heavy atom. The number of hydrogen-bond acceptors (Lipinski definition) is 3. The fourth-order valence-electron chi connectivity index (χ4n) is 1.37. The van der Waals surface area contributed by atoms with Crippen LogP contribution in [-0.2, 0) is 0 Å². The highest BCUT2D eigenvalue weighted by atomic mass is 127. The van der Waals surface area contributed by atoms with Crippen LogP contribution in [0.2, 0.25) is 0 Å². The molecule has 0 spiro atoms. The zero-order valence-electron chi connectivity index (χ0n) is 8.97. The van der Waals surface area contributed by atoms with Crippen molar-refractivity contribution in [2.75, 3.05) is 0 Å². The number of nitro benzene ring substituents is 1. The van der Waals surface area contributed by atoms with Gasteiger partial charge in [-0.3, -0.25) is 10.1 Å². The minimum atomic E-state index is -0.462. The number of benzene rings is 2. The number of ether oxygens (including phenoxy) is 1. The van der Waals surface area contributed by atoms with E-state index in [9.17, 15) is 10.1 Å². The molecule has 0 N–H and O–H groups in total. The van der Waals surface area contributed by atoms with Crippen molar-refractivity contribution < 1.29 is 9.66 Å². The monoisotopic (exact) mass is 419 g/mol. The molecule has 0 saturated carbocycles. The molecule has 2 aromatic carbocycles. The summed E-state index contributed by atoms with van der Waals surface area (Å²) in [7, 11) is 0. The molecular formula is C12H7BrINO3. The van der Waals surface area contributed by atoms with Gasteiger partial charge in [0.15, 0.2) is 0 Å². The standard InChI is InChI=1S/C12H7BrINO3/c13-8-5-6-12(10(7-8)15(16)17)18-11-4-2-1-3-9(11)14/h1-7H. The summed E-state index contributed by atoms with van der Waals surface area (Å²) in [6.07, 6.45) is 0. The summed E-state index contributed by atoms with van der Waals surface area (Å²) in [6, 6.07) is 12.1. The third-order valence-corrected chi connectivity index (χ3v) is 3.56. The second-order valence-corrected chi connectivity index (χ2v) is 5.48. The topological polar surface area (TPSA) is 52.4 Å². The molecule has 0 aromatic heterocycles. The highest BCUT2D eigenvalue weighted by Gasteiger charge is 2.16. The maximum absolute atomic E-state index is 11.0. The molecule has 0 amide bonds. The van der Waals surface area contributed by atoms with E-state index in [2.05, 4.69) is 38.5 Å². The van der Waals surface area contributed by atoms with E-state index in [0.29, 0.717) is 10.2 Å². The van der Waals surface area contributed by atoms with Crippen molar-refractivity contribution in [3.8, 4) is 11.5 Å². The lowest BCUT2D eigenvalue weighted by Gasteiger charge is -2.08. The smallest absolute Gasteiger partial charge is 0.312 e. The normalized spacial score (nSPS) is 10.1. The molecule has 0 radical (unpaired) electrons. The molecule has 0 aliphatic rings. The fourth-order valence-corrected chi connectivity index (χ4v) is 2.21. The van der Waals surface area contributed by atoms with Crippen LogP contribution in [-0.4, -0.2) is 4.92 Å². The van der Waals surface area contributed by atoms with Crippen LogP contribution in [0.1, 0.15) is 0 Å². The molecule has 2 rings (SSSR count). The van der Waals surface area contributed by atoms with Gasteiger partial charge in [-0.05, 0) is 46.9 Å². The molecule has 6 heteroatoms. The number of halogens is 2.